The molecule has 0 saturated carbocycles. The largest absolute Gasteiger partial charge is 0.530 e. The lowest BCUT2D eigenvalue weighted by Gasteiger charge is -2.26. The Balaban J connectivity index is 1.44. The molecule has 52 heavy (non-hydrogen) atoms. The number of rotatable bonds is 13. The van der Waals surface area contributed by atoms with Crippen molar-refractivity contribution in [1.29, 1.82) is 0 Å². The van der Waals surface area contributed by atoms with Gasteiger partial charge in [-0.3, -0.25) is 0 Å². The molecule has 6 aromatic carbocycles. The van der Waals surface area contributed by atoms with Crippen LogP contribution in [-0.2, 0) is 0 Å². The van der Waals surface area contributed by atoms with Crippen LogP contribution < -0.4 is 27.8 Å². The summed E-state index contributed by atoms with van der Waals surface area (Å²) in [6.45, 7) is 15.1. The minimum atomic E-state index is -1.96. The Hall–Kier alpha value is -5.45. The molecule has 0 atom stereocenters. The fourth-order valence-electron chi connectivity index (χ4n) is 5.95. The van der Waals surface area contributed by atoms with E-state index in [-0.39, 0.29) is 0 Å². The zero-order valence-corrected chi connectivity index (χ0v) is 31.9. The van der Waals surface area contributed by atoms with Gasteiger partial charge in [0.15, 0.2) is 0 Å². The smallest absolute Gasteiger partial charge is 0.423 e. The molecule has 0 aliphatic heterocycles. The Morgan fingerprint density at radius 1 is 0.365 bits per heavy atom. The van der Waals surface area contributed by atoms with Gasteiger partial charge in [-0.1, -0.05) is 84.9 Å². The first kappa shape index (κ1) is 36.3. The molecule has 6 rings (SSSR count). The molecule has 6 nitrogen and oxygen atoms in total. The van der Waals surface area contributed by atoms with E-state index >= 15 is 0 Å². The zero-order valence-electron chi connectivity index (χ0n) is 31.0. The summed E-state index contributed by atoms with van der Waals surface area (Å²) in [5, 5.41) is 0. The van der Waals surface area contributed by atoms with Crippen LogP contribution in [0.15, 0.2) is 121 Å². The van der Waals surface area contributed by atoms with Gasteiger partial charge in [-0.25, -0.2) is 0 Å². The van der Waals surface area contributed by atoms with Crippen LogP contribution >= 0.6 is 8.60 Å². The molecule has 0 radical (unpaired) electrons. The minimum absolute atomic E-state index is 0.608. The lowest BCUT2D eigenvalue weighted by atomic mass is 9.95. The summed E-state index contributed by atoms with van der Waals surface area (Å²) in [6.07, 6.45) is 0. The van der Waals surface area contributed by atoms with Crippen LogP contribution in [0.3, 0.4) is 0 Å². The van der Waals surface area contributed by atoms with Gasteiger partial charge >= 0.3 is 15.1 Å². The molecule has 6 aromatic rings. The molecule has 0 fully saturated rings. The molecular formula is C45H45O6P. The first-order chi connectivity index (χ1) is 25.0. The van der Waals surface area contributed by atoms with Gasteiger partial charge in [0.25, 0.3) is 0 Å². The predicted octanol–water partition coefficient (Wildman–Crippen LogP) is 12.4. The van der Waals surface area contributed by atoms with Crippen LogP contribution in [0, 0.1) is 55.4 Å². The summed E-state index contributed by atoms with van der Waals surface area (Å²) in [6, 6.07) is 39.8. The normalized spacial score (nSPS) is 11.0. The third kappa shape index (κ3) is 8.70. The SMILES string of the molecule is Cc1cc(C)c(OC(Oc2ccccc2C)Oc2ccccc2C)c(-c2cc(C)cc(C)c2OP(Oc2ccccc2C)Oc2ccccc2C)c1. The Morgan fingerprint density at radius 3 is 1.15 bits per heavy atom. The van der Waals surface area contributed by atoms with Crippen molar-refractivity contribution < 1.29 is 27.8 Å². The highest BCUT2D eigenvalue weighted by Gasteiger charge is 2.28. The van der Waals surface area contributed by atoms with Crippen molar-refractivity contribution in [2.24, 2.45) is 0 Å². The van der Waals surface area contributed by atoms with E-state index in [0.717, 1.165) is 55.6 Å². The average molecular weight is 713 g/mol. The Bertz CT molecular complexity index is 1930. The number of aryl methyl sites for hydroxylation is 8. The van der Waals surface area contributed by atoms with Gasteiger partial charge in [0, 0.05) is 11.1 Å². The molecule has 0 saturated heterocycles. The summed E-state index contributed by atoms with van der Waals surface area (Å²) in [5.41, 5.74) is 9.52. The van der Waals surface area contributed by atoms with Crippen molar-refractivity contribution in [2.45, 2.75) is 61.9 Å². The minimum Gasteiger partial charge on any atom is -0.423 e. The molecule has 0 amide bonds. The maximum absolute atomic E-state index is 6.87. The van der Waals surface area contributed by atoms with E-state index in [1.54, 1.807) is 0 Å². The quantitative estimate of drug-likeness (QED) is 0.0878. The van der Waals surface area contributed by atoms with Crippen LogP contribution in [0.25, 0.3) is 11.1 Å². The van der Waals surface area contributed by atoms with E-state index in [2.05, 4.69) is 38.1 Å². The first-order valence-electron chi connectivity index (χ1n) is 17.3. The standard InChI is InChI=1S/C45H45O6P/c1-29-25-35(7)43(48-45(46-39-21-13-9-17-31(39)3)47-40-22-14-10-18-32(40)4)37(27-29)38-28-30(2)26-36(8)44(38)51-52(49-41-23-15-11-19-33(41)5)50-42-24-16-12-20-34(42)6/h9-28,45H,1-8H3. The molecule has 0 heterocycles. The van der Waals surface area contributed by atoms with Crippen LogP contribution in [0.4, 0.5) is 0 Å². The fraction of sp³-hybridized carbons (Fsp3) is 0.200. The van der Waals surface area contributed by atoms with Crippen molar-refractivity contribution in [1.82, 2.24) is 0 Å². The van der Waals surface area contributed by atoms with Crippen LogP contribution in [0.2, 0.25) is 0 Å². The molecule has 0 unspecified atom stereocenters. The van der Waals surface area contributed by atoms with E-state index in [4.69, 9.17) is 27.8 Å². The molecular weight excluding hydrogens is 667 g/mol. The molecule has 0 spiro atoms. The van der Waals surface area contributed by atoms with Gasteiger partial charge in [0.2, 0.25) is 0 Å². The predicted molar refractivity (Wildman–Crippen MR) is 210 cm³/mol. The monoisotopic (exact) mass is 712 g/mol. The van der Waals surface area contributed by atoms with E-state index < -0.39 is 15.1 Å². The lowest BCUT2D eigenvalue weighted by molar-refractivity contribution is -0.140. The zero-order chi connectivity index (χ0) is 36.8. The highest BCUT2D eigenvalue weighted by atomic mass is 31.2. The average Bonchev–Trinajstić information content (AvgIpc) is 3.10. The highest BCUT2D eigenvalue weighted by Crippen LogP contribution is 2.49. The maximum atomic E-state index is 6.87. The van der Waals surface area contributed by atoms with Crippen LogP contribution in [0.1, 0.15) is 44.5 Å². The van der Waals surface area contributed by atoms with E-state index in [9.17, 15) is 0 Å². The molecule has 0 aromatic heterocycles. The number of ether oxygens (including phenoxy) is 3. The van der Waals surface area contributed by atoms with Crippen molar-refractivity contribution in [3.05, 3.63) is 166 Å². The summed E-state index contributed by atoms with van der Waals surface area (Å²) >= 11 is 0. The Labute approximate surface area is 308 Å². The number of para-hydroxylation sites is 4. The second-order valence-electron chi connectivity index (χ2n) is 13.1. The van der Waals surface area contributed by atoms with Gasteiger partial charge in [-0.2, -0.15) is 0 Å². The van der Waals surface area contributed by atoms with Crippen LogP contribution in [-0.4, -0.2) is 6.48 Å². The molecule has 7 heteroatoms. The molecule has 0 aliphatic rings. The lowest BCUT2D eigenvalue weighted by Crippen LogP contribution is -2.31. The van der Waals surface area contributed by atoms with Gasteiger partial charge in [-0.05, 0) is 136 Å². The van der Waals surface area contributed by atoms with E-state index in [0.29, 0.717) is 34.5 Å². The highest BCUT2D eigenvalue weighted by molar-refractivity contribution is 7.43. The van der Waals surface area contributed by atoms with Crippen molar-refractivity contribution >= 4 is 8.60 Å². The van der Waals surface area contributed by atoms with E-state index in [1.165, 1.54) is 0 Å². The number of hydrogen-bond acceptors (Lipinski definition) is 6. The van der Waals surface area contributed by atoms with Crippen LogP contribution in [0.5, 0.6) is 34.5 Å². The third-order valence-electron chi connectivity index (χ3n) is 8.67. The van der Waals surface area contributed by atoms with Gasteiger partial charge in [-0.15, -0.1) is 0 Å². The third-order valence-corrected chi connectivity index (χ3v) is 9.70. The van der Waals surface area contributed by atoms with E-state index in [1.807, 2.05) is 139 Å². The Morgan fingerprint density at radius 2 is 0.731 bits per heavy atom. The first-order valence-corrected chi connectivity index (χ1v) is 18.4. The second kappa shape index (κ2) is 16.3. The van der Waals surface area contributed by atoms with Gasteiger partial charge < -0.3 is 27.8 Å². The van der Waals surface area contributed by atoms with Crippen molar-refractivity contribution in [3.63, 3.8) is 0 Å². The molecule has 0 N–H and O–H groups in total. The van der Waals surface area contributed by atoms with Crippen molar-refractivity contribution in [2.75, 3.05) is 0 Å². The van der Waals surface area contributed by atoms with Gasteiger partial charge in [0.05, 0.1) is 0 Å². The summed E-state index contributed by atoms with van der Waals surface area (Å²) < 4.78 is 39.7. The topological polar surface area (TPSA) is 55.4 Å². The number of hydrogen-bond donors (Lipinski definition) is 0. The molecule has 0 bridgehead atoms. The number of benzene rings is 6. The molecule has 0 aliphatic carbocycles. The fourth-order valence-corrected chi connectivity index (χ4v) is 7.18. The summed E-state index contributed by atoms with van der Waals surface area (Å²) in [7, 11) is -1.96. The summed E-state index contributed by atoms with van der Waals surface area (Å²) in [5.74, 6) is 3.94. The maximum Gasteiger partial charge on any atom is 0.530 e. The Kier molecular flexibility index (Phi) is 11.4. The molecule has 266 valence electrons. The second-order valence-corrected chi connectivity index (χ2v) is 14.1. The van der Waals surface area contributed by atoms with Crippen molar-refractivity contribution in [3.8, 4) is 45.6 Å². The summed E-state index contributed by atoms with van der Waals surface area (Å²) in [4.78, 5) is 0. The van der Waals surface area contributed by atoms with Gasteiger partial charge in [0.1, 0.15) is 34.5 Å².